The zero-order valence-corrected chi connectivity index (χ0v) is 22.0. The number of amides is 1. The highest BCUT2D eigenvalue weighted by Crippen LogP contribution is 2.44. The Balaban J connectivity index is 1.49. The Labute approximate surface area is 223 Å². The van der Waals surface area contributed by atoms with Crippen LogP contribution >= 0.6 is 27.3 Å². The second kappa shape index (κ2) is 8.82. The van der Waals surface area contributed by atoms with Crippen LogP contribution in [0.25, 0.3) is 21.2 Å². The summed E-state index contributed by atoms with van der Waals surface area (Å²) in [4.78, 5) is 37.6. The molecule has 1 unspecified atom stereocenters. The second-order valence-corrected chi connectivity index (χ2v) is 10.4. The highest BCUT2D eigenvalue weighted by Gasteiger charge is 2.47. The van der Waals surface area contributed by atoms with E-state index in [2.05, 4.69) is 25.9 Å². The normalized spacial score (nSPS) is 15.8. The summed E-state index contributed by atoms with van der Waals surface area (Å²) in [7, 11) is 1.59. The van der Waals surface area contributed by atoms with Crippen molar-refractivity contribution in [1.29, 1.82) is 0 Å². The van der Waals surface area contributed by atoms with Crippen molar-refractivity contribution in [2.45, 2.75) is 13.0 Å². The molecule has 3 aromatic heterocycles. The third-order valence-electron chi connectivity index (χ3n) is 6.22. The van der Waals surface area contributed by atoms with E-state index >= 15 is 0 Å². The summed E-state index contributed by atoms with van der Waals surface area (Å²) in [5.41, 5.74) is 2.38. The topological polar surface area (TPSA) is 106 Å². The molecule has 1 atom stereocenters. The van der Waals surface area contributed by atoms with E-state index in [1.165, 1.54) is 16.2 Å². The molecule has 37 heavy (non-hydrogen) atoms. The third-order valence-corrected chi connectivity index (χ3v) is 7.73. The van der Waals surface area contributed by atoms with E-state index in [1.807, 2.05) is 25.1 Å². The molecule has 6 rings (SSSR count). The van der Waals surface area contributed by atoms with Crippen LogP contribution in [-0.2, 0) is 4.79 Å². The van der Waals surface area contributed by atoms with Crippen LogP contribution in [0.1, 0.15) is 27.9 Å². The van der Waals surface area contributed by atoms with Gasteiger partial charge in [0.25, 0.3) is 5.91 Å². The number of methoxy groups -OCH3 is 1. The van der Waals surface area contributed by atoms with Gasteiger partial charge in [-0.1, -0.05) is 33.3 Å². The molecule has 0 saturated heterocycles. The number of benzene rings is 2. The number of rotatable bonds is 5. The molecule has 10 heteroatoms. The maximum atomic E-state index is 13.8. The summed E-state index contributed by atoms with van der Waals surface area (Å²) in [6, 6.07) is 14.9. The zero-order valence-electron chi connectivity index (χ0n) is 19.6. The van der Waals surface area contributed by atoms with Gasteiger partial charge in [0.1, 0.15) is 17.4 Å². The molecule has 2 aromatic carbocycles. The molecule has 0 bridgehead atoms. The number of ether oxygens (including phenoxy) is 1. The van der Waals surface area contributed by atoms with Crippen LogP contribution < -0.4 is 9.64 Å². The van der Waals surface area contributed by atoms with Crippen molar-refractivity contribution in [3.63, 3.8) is 0 Å². The van der Waals surface area contributed by atoms with E-state index in [9.17, 15) is 14.7 Å². The summed E-state index contributed by atoms with van der Waals surface area (Å²) in [6.07, 6.45) is 1.57. The SMILES string of the molecule is COc1cc2sc(N3C(=O)C(O)=C(C(=O)c4cc5cc(Br)ccc5o4)C3c3ccccn3)nc2cc1C. The lowest BCUT2D eigenvalue weighted by Gasteiger charge is -2.23. The summed E-state index contributed by atoms with van der Waals surface area (Å²) in [6.45, 7) is 1.91. The number of nitrogens with zero attached hydrogens (tertiary/aromatic N) is 3. The fourth-order valence-electron chi connectivity index (χ4n) is 4.48. The Hall–Kier alpha value is -4.02. The van der Waals surface area contributed by atoms with Gasteiger partial charge in [0, 0.05) is 16.1 Å². The standard InChI is InChI=1S/C27H18BrN3O5S/c1-13-9-17-21(12-19(13)35-2)37-27(30-17)31-23(16-5-3-4-8-29-16)22(25(33)26(31)34)24(32)20-11-14-10-15(28)6-7-18(14)36-20/h3-12,23,33H,1-2H3. The number of carbonyl (C=O) groups is 2. The first kappa shape index (κ1) is 23.4. The summed E-state index contributed by atoms with van der Waals surface area (Å²) >= 11 is 4.68. The van der Waals surface area contributed by atoms with Gasteiger partial charge in [0.15, 0.2) is 16.7 Å². The summed E-state index contributed by atoms with van der Waals surface area (Å²) in [5, 5.41) is 12.1. The van der Waals surface area contributed by atoms with Gasteiger partial charge in [0.05, 0.1) is 28.6 Å². The Morgan fingerprint density at radius 3 is 2.78 bits per heavy atom. The number of ketones is 1. The van der Waals surface area contributed by atoms with Gasteiger partial charge in [0.2, 0.25) is 5.78 Å². The predicted molar refractivity (Wildman–Crippen MR) is 143 cm³/mol. The van der Waals surface area contributed by atoms with Gasteiger partial charge < -0.3 is 14.3 Å². The number of aliphatic hydroxyl groups is 1. The monoisotopic (exact) mass is 575 g/mol. The molecule has 1 aliphatic rings. The Morgan fingerprint density at radius 2 is 2.03 bits per heavy atom. The summed E-state index contributed by atoms with van der Waals surface area (Å²) < 4.78 is 12.9. The number of fused-ring (bicyclic) bond motifs is 2. The van der Waals surface area contributed by atoms with E-state index in [0.29, 0.717) is 33.1 Å². The predicted octanol–water partition coefficient (Wildman–Crippen LogP) is 6.30. The first-order chi connectivity index (χ1) is 17.9. The van der Waals surface area contributed by atoms with E-state index in [1.54, 1.807) is 49.7 Å². The molecular weight excluding hydrogens is 558 g/mol. The number of thiazole rings is 1. The third kappa shape index (κ3) is 3.80. The molecule has 1 N–H and O–H groups in total. The smallest absolute Gasteiger partial charge is 0.296 e. The van der Waals surface area contributed by atoms with Gasteiger partial charge >= 0.3 is 0 Å². The molecule has 0 saturated carbocycles. The molecule has 1 amide bonds. The average Bonchev–Trinajstić information content (AvgIpc) is 3.57. The number of carbonyl (C=O) groups excluding carboxylic acids is 2. The largest absolute Gasteiger partial charge is 0.503 e. The van der Waals surface area contributed by atoms with Crippen molar-refractivity contribution in [3.8, 4) is 5.75 Å². The first-order valence-corrected chi connectivity index (χ1v) is 12.8. The van der Waals surface area contributed by atoms with Crippen molar-refractivity contribution in [2.24, 2.45) is 0 Å². The molecule has 0 aliphatic carbocycles. The molecular formula is C27H18BrN3O5S. The molecule has 0 fully saturated rings. The van der Waals surface area contributed by atoms with Gasteiger partial charge in [-0.2, -0.15) is 0 Å². The number of hydrogen-bond donors (Lipinski definition) is 1. The lowest BCUT2D eigenvalue weighted by Crippen LogP contribution is -2.31. The molecule has 1 aliphatic heterocycles. The quantitative estimate of drug-likeness (QED) is 0.245. The van der Waals surface area contributed by atoms with Gasteiger partial charge in [-0.15, -0.1) is 0 Å². The Kier molecular flexibility index (Phi) is 5.58. The van der Waals surface area contributed by atoms with Gasteiger partial charge in [-0.3, -0.25) is 19.5 Å². The first-order valence-electron chi connectivity index (χ1n) is 11.2. The molecule has 8 nitrogen and oxygen atoms in total. The van der Waals surface area contributed by atoms with Gasteiger partial charge in [-0.25, -0.2) is 4.98 Å². The van der Waals surface area contributed by atoms with E-state index < -0.39 is 23.5 Å². The number of aliphatic hydroxyl groups excluding tert-OH is 1. The zero-order chi connectivity index (χ0) is 25.8. The van der Waals surface area contributed by atoms with Crippen LogP contribution in [0.4, 0.5) is 5.13 Å². The average molecular weight is 576 g/mol. The van der Waals surface area contributed by atoms with Crippen LogP contribution in [0, 0.1) is 6.92 Å². The van der Waals surface area contributed by atoms with Crippen LogP contribution in [-0.4, -0.2) is 33.9 Å². The fourth-order valence-corrected chi connectivity index (χ4v) is 5.86. The second-order valence-electron chi connectivity index (χ2n) is 8.50. The minimum atomic E-state index is -0.996. The number of hydrogen-bond acceptors (Lipinski definition) is 8. The molecule has 5 aromatic rings. The van der Waals surface area contributed by atoms with Crippen molar-refractivity contribution in [1.82, 2.24) is 9.97 Å². The molecule has 0 radical (unpaired) electrons. The highest BCUT2D eigenvalue weighted by atomic mass is 79.9. The maximum absolute atomic E-state index is 13.8. The highest BCUT2D eigenvalue weighted by molar-refractivity contribution is 9.10. The van der Waals surface area contributed by atoms with Gasteiger partial charge in [-0.05, 0) is 61.0 Å². The lowest BCUT2D eigenvalue weighted by molar-refractivity contribution is -0.117. The van der Waals surface area contributed by atoms with Crippen LogP contribution in [0.15, 0.2) is 81.0 Å². The van der Waals surface area contributed by atoms with E-state index in [4.69, 9.17) is 9.15 Å². The maximum Gasteiger partial charge on any atom is 0.296 e. The van der Waals surface area contributed by atoms with Crippen molar-refractivity contribution >= 4 is 65.3 Å². The van der Waals surface area contributed by atoms with Crippen LogP contribution in [0.3, 0.4) is 0 Å². The van der Waals surface area contributed by atoms with Crippen molar-refractivity contribution in [3.05, 3.63) is 93.6 Å². The molecule has 184 valence electrons. The minimum absolute atomic E-state index is 0.00916. The minimum Gasteiger partial charge on any atom is -0.503 e. The summed E-state index contributed by atoms with van der Waals surface area (Å²) in [5.74, 6) is -1.29. The Bertz CT molecular complexity index is 1760. The molecule has 4 heterocycles. The number of halogens is 1. The number of aromatic nitrogens is 2. The van der Waals surface area contributed by atoms with E-state index in [0.717, 1.165) is 14.7 Å². The molecule has 0 spiro atoms. The number of pyridine rings is 1. The van der Waals surface area contributed by atoms with E-state index in [-0.39, 0.29) is 11.3 Å². The van der Waals surface area contributed by atoms with Crippen molar-refractivity contribution in [2.75, 3.05) is 12.0 Å². The fraction of sp³-hybridized carbons (Fsp3) is 0.111. The number of anilines is 1. The van der Waals surface area contributed by atoms with Crippen molar-refractivity contribution < 1.29 is 23.8 Å². The number of aryl methyl sites for hydroxylation is 1. The lowest BCUT2D eigenvalue weighted by atomic mass is 9.98. The van der Waals surface area contributed by atoms with Crippen LogP contribution in [0.2, 0.25) is 0 Å². The van der Waals surface area contributed by atoms with Crippen LogP contribution in [0.5, 0.6) is 5.75 Å². The Morgan fingerprint density at radius 1 is 1.19 bits per heavy atom. The number of furan rings is 1. The number of Topliss-reactive ketones (excluding diaryl/α,β-unsaturated/α-hetero) is 1.